The van der Waals surface area contributed by atoms with Gasteiger partial charge in [-0.3, -0.25) is 9.36 Å². The summed E-state index contributed by atoms with van der Waals surface area (Å²) in [4.78, 5) is 30.8. The molecule has 0 heterocycles. The molecule has 210 valence electrons. The van der Waals surface area contributed by atoms with Crippen LogP contribution in [0.5, 0.6) is 5.75 Å². The predicted molar refractivity (Wildman–Crippen MR) is 144 cm³/mol. The molecular formula is C25H26BrF2N2O7PS. The fourth-order valence-corrected chi connectivity index (χ4v) is 5.38. The quantitative estimate of drug-likeness (QED) is 0.161. The number of sulfonamides is 1. The molecule has 14 heteroatoms. The number of carbonyl (C=O) groups excluding carboxylic acids is 1. The minimum Gasteiger partial charge on any atom is -0.494 e. The van der Waals surface area contributed by atoms with Gasteiger partial charge in [0.1, 0.15) is 11.8 Å². The van der Waals surface area contributed by atoms with Crippen LogP contribution in [0.2, 0.25) is 0 Å². The lowest BCUT2D eigenvalue weighted by atomic mass is 10.0. The molecule has 0 spiro atoms. The van der Waals surface area contributed by atoms with E-state index in [-0.39, 0.29) is 30.0 Å². The van der Waals surface area contributed by atoms with Crippen molar-refractivity contribution >= 4 is 39.5 Å². The average Bonchev–Trinajstić information content (AvgIpc) is 2.89. The smallest absolute Gasteiger partial charge is 0.399 e. The first-order chi connectivity index (χ1) is 18.3. The molecule has 3 rings (SSSR count). The molecule has 0 fully saturated rings. The van der Waals surface area contributed by atoms with Gasteiger partial charge < -0.3 is 19.8 Å². The van der Waals surface area contributed by atoms with Crippen molar-refractivity contribution < 1.29 is 41.1 Å². The third-order valence-corrected chi connectivity index (χ3v) is 8.48. The Morgan fingerprint density at radius 2 is 1.62 bits per heavy atom. The van der Waals surface area contributed by atoms with Crippen LogP contribution in [0.1, 0.15) is 17.5 Å². The van der Waals surface area contributed by atoms with Gasteiger partial charge in [0.2, 0.25) is 15.9 Å². The molecule has 1 amide bonds. The normalized spacial score (nSPS) is 13.1. The summed E-state index contributed by atoms with van der Waals surface area (Å²) in [5.74, 6) is -0.00595. The van der Waals surface area contributed by atoms with Gasteiger partial charge in [0.25, 0.3) is 0 Å². The van der Waals surface area contributed by atoms with Crippen LogP contribution >= 0.6 is 23.5 Å². The topological polar surface area (TPSA) is 142 Å². The summed E-state index contributed by atoms with van der Waals surface area (Å²) in [6.45, 7) is 0.462. The van der Waals surface area contributed by atoms with Crippen molar-refractivity contribution in [3.63, 3.8) is 0 Å². The summed E-state index contributed by atoms with van der Waals surface area (Å²) >= 11 is 3.33. The lowest BCUT2D eigenvalue weighted by molar-refractivity contribution is -0.122. The van der Waals surface area contributed by atoms with Crippen molar-refractivity contribution in [3.05, 3.63) is 94.5 Å². The third-order valence-electron chi connectivity index (χ3n) is 5.48. The molecule has 0 aliphatic carbocycles. The van der Waals surface area contributed by atoms with Crippen LogP contribution in [0.25, 0.3) is 0 Å². The number of hydrogen-bond acceptors (Lipinski definition) is 5. The molecular weight excluding hydrogens is 621 g/mol. The Hall–Kier alpha value is -2.67. The summed E-state index contributed by atoms with van der Waals surface area (Å²) in [6, 6.07) is 17.2. The van der Waals surface area contributed by atoms with Crippen LogP contribution < -0.4 is 14.8 Å². The highest BCUT2D eigenvalue weighted by Gasteiger charge is 2.50. The van der Waals surface area contributed by atoms with Crippen LogP contribution in [0.15, 0.2) is 88.2 Å². The van der Waals surface area contributed by atoms with E-state index in [1.54, 1.807) is 18.2 Å². The molecule has 39 heavy (non-hydrogen) atoms. The molecule has 0 aromatic heterocycles. The Morgan fingerprint density at radius 3 is 2.21 bits per heavy atom. The van der Waals surface area contributed by atoms with Crippen molar-refractivity contribution in [2.24, 2.45) is 0 Å². The van der Waals surface area contributed by atoms with Gasteiger partial charge in [-0.1, -0.05) is 58.4 Å². The Labute approximate surface area is 232 Å². The van der Waals surface area contributed by atoms with E-state index >= 15 is 0 Å². The van der Waals surface area contributed by atoms with Gasteiger partial charge in [0.05, 0.1) is 11.5 Å². The average molecular weight is 647 g/mol. The molecule has 0 radical (unpaired) electrons. The second-order valence-corrected chi connectivity index (χ2v) is 12.7. The zero-order chi connectivity index (χ0) is 28.7. The molecule has 3 aromatic carbocycles. The minimum atomic E-state index is -5.75. The number of hydrogen-bond donors (Lipinski definition) is 4. The second kappa shape index (κ2) is 13.1. The van der Waals surface area contributed by atoms with E-state index in [1.165, 1.54) is 24.3 Å². The lowest BCUT2D eigenvalue weighted by Gasteiger charge is -2.20. The van der Waals surface area contributed by atoms with Crippen LogP contribution in [-0.4, -0.2) is 43.3 Å². The molecule has 0 saturated carbocycles. The minimum absolute atomic E-state index is 0.0673. The van der Waals surface area contributed by atoms with Gasteiger partial charge in [-0.05, 0) is 54.8 Å². The Kier molecular flexibility index (Phi) is 10.4. The van der Waals surface area contributed by atoms with E-state index in [4.69, 9.17) is 14.5 Å². The number of halogens is 3. The lowest BCUT2D eigenvalue weighted by Crippen LogP contribution is -2.48. The third kappa shape index (κ3) is 8.66. The fraction of sp³-hybridized carbons (Fsp3) is 0.240. The second-order valence-electron chi connectivity index (χ2n) is 8.42. The first-order valence-electron chi connectivity index (χ1n) is 11.6. The molecule has 0 saturated heterocycles. The van der Waals surface area contributed by atoms with Crippen molar-refractivity contribution in [3.8, 4) is 5.75 Å². The fourth-order valence-electron chi connectivity index (χ4n) is 3.42. The Balaban J connectivity index is 1.69. The zero-order valence-corrected chi connectivity index (χ0v) is 23.6. The van der Waals surface area contributed by atoms with Gasteiger partial charge in [0, 0.05) is 16.6 Å². The highest BCUT2D eigenvalue weighted by atomic mass is 79.9. The molecule has 9 nitrogen and oxygen atoms in total. The first kappa shape index (κ1) is 30.9. The van der Waals surface area contributed by atoms with E-state index in [0.29, 0.717) is 12.2 Å². The summed E-state index contributed by atoms with van der Waals surface area (Å²) in [6.07, 6.45) is 0.209. The van der Waals surface area contributed by atoms with Crippen LogP contribution in [0, 0.1) is 0 Å². The first-order valence-corrected chi connectivity index (χ1v) is 15.4. The number of carbonyl (C=O) groups is 1. The molecule has 3 aromatic rings. The largest absolute Gasteiger partial charge is 0.494 e. The maximum atomic E-state index is 14.0. The Morgan fingerprint density at radius 1 is 1.00 bits per heavy atom. The van der Waals surface area contributed by atoms with Crippen LogP contribution in [-0.2, 0) is 31.5 Å². The van der Waals surface area contributed by atoms with Crippen LogP contribution in [0.3, 0.4) is 0 Å². The van der Waals surface area contributed by atoms with Gasteiger partial charge in [-0.2, -0.15) is 13.5 Å². The Bertz CT molecular complexity index is 1400. The molecule has 0 aliphatic heterocycles. The molecule has 1 atom stereocenters. The number of rotatable bonds is 13. The van der Waals surface area contributed by atoms with Gasteiger partial charge in [-0.15, -0.1) is 0 Å². The molecule has 1 unspecified atom stereocenters. The van der Waals surface area contributed by atoms with Crippen molar-refractivity contribution in [1.29, 1.82) is 0 Å². The summed E-state index contributed by atoms with van der Waals surface area (Å²) in [5, 5.41) is 2.65. The van der Waals surface area contributed by atoms with Gasteiger partial charge in [0.15, 0.2) is 0 Å². The number of nitrogens with one attached hydrogen (secondary N) is 2. The van der Waals surface area contributed by atoms with E-state index in [9.17, 15) is 26.6 Å². The SMILES string of the molecule is O=C(NCCCOc1ccc(Br)cc1)C(Cc1ccc(C(F)(F)P(=O)(O)O)cc1)NS(=O)(=O)c1ccccc1. The number of amides is 1. The monoisotopic (exact) mass is 646 g/mol. The maximum Gasteiger partial charge on any atom is 0.399 e. The van der Waals surface area contributed by atoms with E-state index in [1.807, 2.05) is 12.1 Å². The zero-order valence-electron chi connectivity index (χ0n) is 20.3. The highest BCUT2D eigenvalue weighted by Crippen LogP contribution is 2.59. The summed E-state index contributed by atoms with van der Waals surface area (Å²) in [5.41, 5.74) is -5.01. The van der Waals surface area contributed by atoms with E-state index in [0.717, 1.165) is 28.7 Å². The highest BCUT2D eigenvalue weighted by molar-refractivity contribution is 9.10. The van der Waals surface area contributed by atoms with E-state index in [2.05, 4.69) is 26.0 Å². The van der Waals surface area contributed by atoms with E-state index < -0.39 is 40.8 Å². The summed E-state index contributed by atoms with van der Waals surface area (Å²) in [7, 11) is -9.87. The summed E-state index contributed by atoms with van der Waals surface area (Å²) < 4.78 is 73.8. The molecule has 4 N–H and O–H groups in total. The van der Waals surface area contributed by atoms with Crippen LogP contribution in [0.4, 0.5) is 8.78 Å². The molecule has 0 aliphatic rings. The number of benzene rings is 3. The molecule has 0 bridgehead atoms. The van der Waals surface area contributed by atoms with Crippen molar-refractivity contribution in [2.75, 3.05) is 13.2 Å². The van der Waals surface area contributed by atoms with Gasteiger partial charge in [-0.25, -0.2) is 8.42 Å². The number of ether oxygens (including phenoxy) is 1. The van der Waals surface area contributed by atoms with Crippen molar-refractivity contribution in [2.45, 2.75) is 29.4 Å². The predicted octanol–water partition coefficient (Wildman–Crippen LogP) is 4.15. The number of alkyl halides is 2. The standard InChI is InChI=1S/C25H26BrF2N2O7PS/c26-20-11-13-21(14-12-20)37-16-4-15-29-24(31)23(30-39(35,36)22-5-2-1-3-6-22)17-18-7-9-19(10-8-18)25(27,28)38(32,33)34/h1-3,5-14,23,30H,4,15-17H2,(H,29,31)(H2,32,33,34). The van der Waals surface area contributed by atoms with Gasteiger partial charge >= 0.3 is 13.3 Å². The maximum absolute atomic E-state index is 14.0. The van der Waals surface area contributed by atoms with Crippen molar-refractivity contribution in [1.82, 2.24) is 10.0 Å².